The molecule has 0 bridgehead atoms. The molecule has 0 saturated carbocycles. The van der Waals surface area contributed by atoms with Gasteiger partial charge in [0.1, 0.15) is 11.2 Å². The van der Waals surface area contributed by atoms with Crippen LogP contribution in [0.4, 0.5) is 0 Å². The first-order valence-corrected chi connectivity index (χ1v) is 47.4. The van der Waals surface area contributed by atoms with Crippen molar-refractivity contribution in [2.45, 2.75) is 88.0 Å². The number of pyridine rings is 8. The van der Waals surface area contributed by atoms with Crippen LogP contribution in [0.25, 0.3) is 156 Å². The van der Waals surface area contributed by atoms with E-state index in [0.717, 1.165) is 145 Å². The summed E-state index contributed by atoms with van der Waals surface area (Å²) in [6.45, 7) is 20.5. The number of rotatable bonds is 16. The van der Waals surface area contributed by atoms with E-state index in [9.17, 15) is 9.90 Å². The van der Waals surface area contributed by atoms with Gasteiger partial charge in [-0.15, -0.1) is 252 Å². The van der Waals surface area contributed by atoms with Gasteiger partial charge in [-0.3, -0.25) is 4.79 Å². The molecule has 0 saturated heterocycles. The summed E-state index contributed by atoms with van der Waals surface area (Å²) in [5, 5.41) is 13.9. The summed E-state index contributed by atoms with van der Waals surface area (Å²) in [4.78, 5) is 46.2. The van der Waals surface area contributed by atoms with Gasteiger partial charge in [-0.1, -0.05) is 251 Å². The Hall–Kier alpha value is -14.1. The van der Waals surface area contributed by atoms with E-state index in [1.54, 1.807) is 18.6 Å². The normalized spacial score (nSPS) is 10.3. The smallest absolute Gasteiger partial charge is 0.159 e. The second-order valence-corrected chi connectivity index (χ2v) is 34.6. The average Bonchev–Trinajstić information content (AvgIpc) is 1.69. The van der Waals surface area contributed by atoms with Crippen LogP contribution < -0.4 is 0 Å². The number of aryl methyl sites for hydroxylation is 4. The van der Waals surface area contributed by atoms with Gasteiger partial charge in [-0.2, -0.15) is 0 Å². The number of ketones is 1. The molecule has 0 spiro atoms. The van der Waals surface area contributed by atoms with E-state index >= 15 is 0 Å². The molecule has 747 valence electrons. The quantitative estimate of drug-likeness (QED) is 0.0553. The van der Waals surface area contributed by atoms with Gasteiger partial charge < -0.3 is 53.8 Å². The monoisotopic (exact) mass is 2810 g/mol. The standard InChI is InChI=1S/C20H16NO.C18H14N.C17H10NO.C17H12N.3C12H10N.C11H8N.C11H20O2.5Ir/c1-13(2)14-7-5-8-15-16-9-6-10-17(20(16)22-19(14)15)18-11-3-4-12-21-18;1-14-7-9-15(10-8-14)17-11-12-19-18(13-17)16-5-3-2-4-6-16;1-2-10-16-12(6-1)13-7-5-8-14(17(13)19-16)15-9-3-4-11-18-15;1-3-7-14(8-4-1)16-11-12-17(18-13-16)15-9-5-2-6-10-15;1-10-6-5-9-12(13-10)11-7-3-2-4-8-11;2*1-10-7-8-12(13-9-10)11-5-3-2-4-6-11;1-2-6-10(7-3-1)11-8-4-5-9-12-11;1-8(2)5-10(12)7-11(13)6-9(3)4;;;;;/h3-9,11-13H,1-2H3;2-5,7-13H,1H3;1-7,9-11H;1-9,11-13H;2-7,9H,1H3;2*2-5,7-9H,1H3;1-6,8-9H;7-9,12H,5-6H2,1-4H3;;;;;/q8*-1;;;;;;. The first kappa shape index (κ1) is 116. The Labute approximate surface area is 932 Å². The molecule has 0 fully saturated rings. The fraction of sp³-hybridized carbons (Fsp3) is 0.115. The minimum atomic E-state index is 0. The van der Waals surface area contributed by atoms with Gasteiger partial charge in [0.2, 0.25) is 0 Å². The zero-order chi connectivity index (χ0) is 99.0. The molecule has 0 atom stereocenters. The van der Waals surface area contributed by atoms with Crippen molar-refractivity contribution < 1.29 is 119 Å². The number of aliphatic hydroxyl groups excluding tert-OH is 1. The third-order valence-corrected chi connectivity index (χ3v) is 22.1. The fourth-order valence-corrected chi connectivity index (χ4v) is 15.1. The molecule has 10 heterocycles. The molecule has 147 heavy (non-hydrogen) atoms. The number of hydrogen-bond donors (Lipinski definition) is 1. The molecule has 22 rings (SSSR count). The number of fused-ring (bicyclic) bond motifs is 6. The minimum absolute atomic E-state index is 0. The molecule has 10 aromatic heterocycles. The maximum absolute atomic E-state index is 11.2. The Morgan fingerprint density at radius 2 is 0.673 bits per heavy atom. The number of aliphatic hydroxyl groups is 1. The van der Waals surface area contributed by atoms with Crippen LogP contribution in [0.1, 0.15) is 88.2 Å². The van der Waals surface area contributed by atoms with Gasteiger partial charge in [-0.05, 0) is 166 Å². The molecule has 12 aromatic carbocycles. The molecule has 0 aliphatic heterocycles. The Morgan fingerprint density at radius 1 is 0.293 bits per heavy atom. The van der Waals surface area contributed by atoms with E-state index in [-0.39, 0.29) is 112 Å². The second-order valence-electron chi connectivity index (χ2n) is 34.6. The van der Waals surface area contributed by atoms with Crippen LogP contribution in [-0.4, -0.2) is 50.8 Å². The fourth-order valence-electron chi connectivity index (χ4n) is 15.1. The summed E-state index contributed by atoms with van der Waals surface area (Å²) in [7, 11) is 0. The maximum Gasteiger partial charge on any atom is 0.159 e. The van der Waals surface area contributed by atoms with Gasteiger partial charge in [0.05, 0.1) is 16.9 Å². The van der Waals surface area contributed by atoms with Gasteiger partial charge >= 0.3 is 0 Å². The molecule has 0 aliphatic rings. The topological polar surface area (TPSA) is 167 Å². The molecule has 1 N–H and O–H groups in total. The number of carbonyl (C=O) groups excluding carboxylic acids is 1. The molecule has 0 unspecified atom stereocenters. The summed E-state index contributed by atoms with van der Waals surface area (Å²) < 4.78 is 12.2. The van der Waals surface area contributed by atoms with Crippen molar-refractivity contribution in [3.05, 3.63) is 520 Å². The minimum Gasteiger partial charge on any atom is -0.512 e. The third kappa shape index (κ3) is 35.4. The van der Waals surface area contributed by atoms with Crippen molar-refractivity contribution in [2.24, 2.45) is 11.8 Å². The van der Waals surface area contributed by atoms with Crippen LogP contribution in [0, 0.1) is 88.1 Å². The van der Waals surface area contributed by atoms with Gasteiger partial charge in [-0.25, -0.2) is 0 Å². The van der Waals surface area contributed by atoms with E-state index in [4.69, 9.17) is 8.83 Å². The van der Waals surface area contributed by atoms with E-state index in [1.165, 1.54) is 45.0 Å². The van der Waals surface area contributed by atoms with Crippen molar-refractivity contribution in [3.63, 3.8) is 0 Å². The molecule has 0 amide bonds. The number of nitrogens with zero attached hydrogens (tertiary/aromatic N) is 8. The maximum atomic E-state index is 11.2. The summed E-state index contributed by atoms with van der Waals surface area (Å²) in [5.74, 6) is 1.40. The predicted molar refractivity (Wildman–Crippen MR) is 581 cm³/mol. The molecule has 17 heteroatoms. The van der Waals surface area contributed by atoms with Crippen LogP contribution in [0.3, 0.4) is 0 Å². The Kier molecular flexibility index (Phi) is 48.6. The zero-order valence-corrected chi connectivity index (χ0v) is 95.1. The summed E-state index contributed by atoms with van der Waals surface area (Å²) in [6, 6.07) is 154. The largest absolute Gasteiger partial charge is 0.512 e. The Balaban J connectivity index is 0.000000184. The Morgan fingerprint density at radius 3 is 1.12 bits per heavy atom. The van der Waals surface area contributed by atoms with Gasteiger partial charge in [0.15, 0.2) is 5.78 Å². The van der Waals surface area contributed by atoms with Crippen molar-refractivity contribution >= 4 is 49.7 Å². The molecular formula is C130H110Ir5N8O4-8. The molecule has 12 nitrogen and oxygen atoms in total. The van der Waals surface area contributed by atoms with Crippen LogP contribution >= 0.6 is 0 Å². The third-order valence-electron chi connectivity index (χ3n) is 22.1. The number of carbonyl (C=O) groups is 1. The SMILES string of the molecule is CC(C)CC(=O)C=C(O)CC(C)C.CC(C)c1cccc2c1oc1c(-c3ccccn3)[c-]ccc12.Cc1ccc(-c2[c-]cccc2)nc1.Cc1ccc(-c2[c-]cccc2)nc1.Cc1ccc(-c2ccnc(-c3[c-]cccc3)c2)cc1.Cc1cccc(-c2[c-]cccc2)n1.[Ir].[Ir].[Ir].[Ir].[Ir].[c-]1ccc2c(oc3ccccc32)c1-c1ccccn1.[c-]1ccccc1-c1ccc(-c2ccccc2)cn1.[c-]1ccccc1-c1ccccn1. The van der Waals surface area contributed by atoms with E-state index in [2.05, 4.69) is 200 Å². The molecule has 22 aromatic rings. The van der Waals surface area contributed by atoms with Crippen LogP contribution in [-0.2, 0) is 105 Å². The van der Waals surface area contributed by atoms with E-state index in [1.807, 2.05) is 371 Å². The predicted octanol–water partition coefficient (Wildman–Crippen LogP) is 33.0. The van der Waals surface area contributed by atoms with Crippen molar-refractivity contribution in [3.8, 4) is 112 Å². The van der Waals surface area contributed by atoms with Crippen LogP contribution in [0.2, 0.25) is 0 Å². The number of para-hydroxylation sites is 2. The van der Waals surface area contributed by atoms with Crippen LogP contribution in [0.15, 0.2) is 452 Å². The summed E-state index contributed by atoms with van der Waals surface area (Å²) in [6.07, 6.45) is 15.3. The number of furan rings is 2. The number of benzene rings is 12. The second kappa shape index (κ2) is 61.4. The number of aromatic nitrogens is 8. The van der Waals surface area contributed by atoms with Gasteiger partial charge in [0.25, 0.3) is 0 Å². The summed E-state index contributed by atoms with van der Waals surface area (Å²) in [5.41, 5.74) is 29.9. The average molecular weight is 2810 g/mol. The van der Waals surface area contributed by atoms with Gasteiger partial charge in [0, 0.05) is 179 Å². The van der Waals surface area contributed by atoms with Crippen molar-refractivity contribution in [2.75, 3.05) is 0 Å². The first-order valence-electron chi connectivity index (χ1n) is 47.4. The summed E-state index contributed by atoms with van der Waals surface area (Å²) >= 11 is 0. The first-order chi connectivity index (χ1) is 69.4. The van der Waals surface area contributed by atoms with E-state index < -0.39 is 0 Å². The molecular weight excluding hydrogens is 2700 g/mol. The zero-order valence-electron chi connectivity index (χ0n) is 83.1. The van der Waals surface area contributed by atoms with Crippen molar-refractivity contribution in [1.82, 2.24) is 39.9 Å². The number of hydrogen-bond acceptors (Lipinski definition) is 12. The molecule has 5 radical (unpaired) electrons. The van der Waals surface area contributed by atoms with Crippen LogP contribution in [0.5, 0.6) is 0 Å². The number of allylic oxidation sites excluding steroid dienone is 2. The molecule has 0 aliphatic carbocycles. The van der Waals surface area contributed by atoms with E-state index in [0.29, 0.717) is 30.6 Å². The Bertz CT molecular complexity index is 7450. The van der Waals surface area contributed by atoms with Crippen molar-refractivity contribution in [1.29, 1.82) is 0 Å².